The zero-order chi connectivity index (χ0) is 18.4. The zero-order valence-corrected chi connectivity index (χ0v) is 17.0. The second kappa shape index (κ2) is 10.3. The van der Waals surface area contributed by atoms with Gasteiger partial charge in [-0.25, -0.2) is 4.79 Å². The summed E-state index contributed by atoms with van der Waals surface area (Å²) >= 11 is 0. The van der Waals surface area contributed by atoms with Gasteiger partial charge in [0.25, 0.3) is 0 Å². The van der Waals surface area contributed by atoms with Crippen LogP contribution in [0.4, 0.5) is 4.79 Å². The predicted octanol–water partition coefficient (Wildman–Crippen LogP) is -1.32. The number of carbonyl (C=O) groups is 2. The van der Waals surface area contributed by atoms with Crippen molar-refractivity contribution in [3.63, 3.8) is 0 Å². The molecule has 6 nitrogen and oxygen atoms in total. The Kier molecular flexibility index (Phi) is 8.81. The molecule has 0 spiro atoms. The van der Waals surface area contributed by atoms with Crippen molar-refractivity contribution in [1.82, 2.24) is 0 Å². The van der Waals surface area contributed by atoms with Gasteiger partial charge in [-0.2, -0.15) is 0 Å². The van der Waals surface area contributed by atoms with Gasteiger partial charge in [0, 0.05) is 6.42 Å². The second-order valence-electron chi connectivity index (χ2n) is 5.72. The van der Waals surface area contributed by atoms with E-state index in [-0.39, 0.29) is 42.6 Å². The number of hydrogen-bond acceptors (Lipinski definition) is 6. The molecule has 0 aliphatic heterocycles. The normalized spacial score (nSPS) is 11.2. The summed E-state index contributed by atoms with van der Waals surface area (Å²) in [5.41, 5.74) is 2.73. The van der Waals surface area contributed by atoms with E-state index in [0.717, 1.165) is 5.56 Å². The third kappa shape index (κ3) is 6.46. The zero-order valence-electron chi connectivity index (χ0n) is 15.0. The summed E-state index contributed by atoms with van der Waals surface area (Å²) < 4.78 is 10.3. The number of carboxylic acids is 1. The van der Waals surface area contributed by atoms with Crippen molar-refractivity contribution in [2.24, 2.45) is 0 Å². The molecule has 0 saturated carbocycles. The summed E-state index contributed by atoms with van der Waals surface area (Å²) in [7, 11) is 0. The van der Waals surface area contributed by atoms with Crippen molar-refractivity contribution >= 4 is 12.1 Å². The van der Waals surface area contributed by atoms with Crippen molar-refractivity contribution in [1.29, 1.82) is 0 Å². The fourth-order valence-electron chi connectivity index (χ4n) is 2.45. The molecule has 7 heteroatoms. The molecule has 0 aliphatic carbocycles. The van der Waals surface area contributed by atoms with Crippen LogP contribution in [0.3, 0.4) is 0 Å². The van der Waals surface area contributed by atoms with Gasteiger partial charge < -0.3 is 24.5 Å². The van der Waals surface area contributed by atoms with Gasteiger partial charge in [-0.05, 0) is 36.1 Å². The standard InChI is InChI=1S/C19H20O6.Na/c1-12-8-15(10-16(20)18(21)22)9-13(2)17(12)25-19(23)24-11-14-6-4-3-5-7-14;/h3-9,16,20H,10-11H2,1-2H3,(H,21,22);/q;+1/p-1/t16-;/m1./s1. The Morgan fingerprint density at radius 1 is 1.08 bits per heavy atom. The first-order valence-corrected chi connectivity index (χ1v) is 7.74. The van der Waals surface area contributed by atoms with Gasteiger partial charge in [0.1, 0.15) is 12.4 Å². The summed E-state index contributed by atoms with van der Waals surface area (Å²) in [6.45, 7) is 3.55. The largest absolute Gasteiger partial charge is 1.00 e. The predicted molar refractivity (Wildman–Crippen MR) is 87.9 cm³/mol. The maximum Gasteiger partial charge on any atom is 1.00 e. The van der Waals surface area contributed by atoms with Gasteiger partial charge in [0.15, 0.2) is 0 Å². The molecule has 0 aromatic heterocycles. The van der Waals surface area contributed by atoms with Gasteiger partial charge in [-0.15, -0.1) is 0 Å². The van der Waals surface area contributed by atoms with E-state index in [4.69, 9.17) is 9.47 Å². The Bertz CT molecular complexity index is 737. The SMILES string of the molecule is Cc1cc(C[C@@H](O)C(=O)[O-])cc(C)c1OC(=O)OCc1ccccc1.[Na+]. The Labute approximate surface area is 174 Å². The maximum atomic E-state index is 11.9. The number of aliphatic hydroxyl groups excluding tert-OH is 1. The van der Waals surface area contributed by atoms with E-state index in [1.54, 1.807) is 26.0 Å². The van der Waals surface area contributed by atoms with E-state index in [1.165, 1.54) is 0 Å². The average molecular weight is 366 g/mol. The molecule has 0 bridgehead atoms. The van der Waals surface area contributed by atoms with Gasteiger partial charge in [0.2, 0.25) is 0 Å². The van der Waals surface area contributed by atoms with Crippen LogP contribution in [-0.2, 0) is 22.6 Å². The summed E-state index contributed by atoms with van der Waals surface area (Å²) in [5, 5.41) is 20.0. The van der Waals surface area contributed by atoms with Crippen molar-refractivity contribution < 1.29 is 58.8 Å². The number of carbonyl (C=O) groups excluding carboxylic acids is 2. The monoisotopic (exact) mass is 366 g/mol. The van der Waals surface area contributed by atoms with Crippen molar-refractivity contribution in [2.45, 2.75) is 33.0 Å². The fourth-order valence-corrected chi connectivity index (χ4v) is 2.45. The number of aliphatic carboxylic acids is 1. The molecular formula is C19H19NaO6. The number of aliphatic hydroxyl groups is 1. The summed E-state index contributed by atoms with van der Waals surface area (Å²) in [4.78, 5) is 22.5. The van der Waals surface area contributed by atoms with Crippen LogP contribution in [-0.4, -0.2) is 23.3 Å². The number of carboxylic acid groups (broad SMARTS) is 1. The van der Waals surface area contributed by atoms with Crippen LogP contribution < -0.4 is 39.4 Å². The van der Waals surface area contributed by atoms with Crippen LogP contribution in [0, 0.1) is 13.8 Å². The van der Waals surface area contributed by atoms with Gasteiger partial charge in [0.05, 0.1) is 12.1 Å². The number of aryl methyl sites for hydroxylation is 2. The summed E-state index contributed by atoms with van der Waals surface area (Å²) in [5.74, 6) is -1.18. The Balaban J connectivity index is 0.00000338. The molecule has 26 heavy (non-hydrogen) atoms. The molecule has 132 valence electrons. The molecule has 1 atom stereocenters. The van der Waals surface area contributed by atoms with Crippen molar-refractivity contribution in [3.05, 3.63) is 64.7 Å². The van der Waals surface area contributed by atoms with E-state index in [9.17, 15) is 19.8 Å². The van der Waals surface area contributed by atoms with Crippen LogP contribution in [0.25, 0.3) is 0 Å². The van der Waals surface area contributed by atoms with Crippen LogP contribution in [0.1, 0.15) is 22.3 Å². The van der Waals surface area contributed by atoms with E-state index in [2.05, 4.69) is 0 Å². The molecule has 0 unspecified atom stereocenters. The van der Waals surface area contributed by atoms with Gasteiger partial charge in [-0.3, -0.25) is 0 Å². The minimum absolute atomic E-state index is 0. The van der Waals surface area contributed by atoms with Crippen LogP contribution in [0.2, 0.25) is 0 Å². The van der Waals surface area contributed by atoms with Gasteiger partial charge in [-0.1, -0.05) is 42.5 Å². The molecule has 0 radical (unpaired) electrons. The Morgan fingerprint density at radius 2 is 1.65 bits per heavy atom. The number of hydrogen-bond donors (Lipinski definition) is 1. The third-order valence-corrected chi connectivity index (χ3v) is 3.61. The first kappa shape index (κ1) is 22.2. The van der Waals surface area contributed by atoms with Gasteiger partial charge >= 0.3 is 35.7 Å². The molecule has 0 saturated heterocycles. The number of rotatable bonds is 6. The third-order valence-electron chi connectivity index (χ3n) is 3.61. The summed E-state index contributed by atoms with van der Waals surface area (Å²) in [6, 6.07) is 12.5. The molecule has 0 fully saturated rings. The molecule has 0 aliphatic rings. The number of benzene rings is 2. The number of ether oxygens (including phenoxy) is 2. The van der Waals surface area contributed by atoms with E-state index >= 15 is 0 Å². The Morgan fingerprint density at radius 3 is 2.19 bits per heavy atom. The smallest absolute Gasteiger partial charge is 0.547 e. The minimum Gasteiger partial charge on any atom is -0.547 e. The average Bonchev–Trinajstić information content (AvgIpc) is 2.57. The first-order chi connectivity index (χ1) is 11.9. The van der Waals surface area contributed by atoms with E-state index < -0.39 is 18.2 Å². The molecule has 0 amide bonds. The van der Waals surface area contributed by atoms with Crippen LogP contribution in [0.5, 0.6) is 5.75 Å². The minimum atomic E-state index is -1.58. The molecule has 1 N–H and O–H groups in total. The molecule has 0 heterocycles. The summed E-state index contributed by atoms with van der Waals surface area (Å²) in [6.07, 6.45) is -2.48. The first-order valence-electron chi connectivity index (χ1n) is 7.74. The quantitative estimate of drug-likeness (QED) is 0.387. The van der Waals surface area contributed by atoms with Crippen LogP contribution >= 0.6 is 0 Å². The molecule has 2 rings (SSSR count). The van der Waals surface area contributed by atoms with Crippen molar-refractivity contribution in [3.8, 4) is 5.75 Å². The Hall–Kier alpha value is -1.86. The fraction of sp³-hybridized carbons (Fsp3) is 0.263. The van der Waals surface area contributed by atoms with Crippen molar-refractivity contribution in [2.75, 3.05) is 0 Å². The van der Waals surface area contributed by atoms with E-state index in [0.29, 0.717) is 22.4 Å². The van der Waals surface area contributed by atoms with Crippen LogP contribution in [0.15, 0.2) is 42.5 Å². The molecule has 2 aromatic rings. The topological polar surface area (TPSA) is 95.9 Å². The second-order valence-corrected chi connectivity index (χ2v) is 5.72. The maximum absolute atomic E-state index is 11.9. The molecule has 2 aromatic carbocycles. The van der Waals surface area contributed by atoms with E-state index in [1.807, 2.05) is 30.3 Å². The molecular weight excluding hydrogens is 347 g/mol.